The zero-order valence-corrected chi connectivity index (χ0v) is 21.5. The molecule has 0 unspecified atom stereocenters. The Bertz CT molecular complexity index is 1030. The van der Waals surface area contributed by atoms with Crippen LogP contribution in [-0.2, 0) is 16.0 Å². The monoisotopic (exact) mass is 477 g/mol. The number of amides is 2. The molecule has 2 heterocycles. The molecular weight excluding hydrogens is 438 g/mol. The van der Waals surface area contributed by atoms with Crippen molar-refractivity contribution in [2.45, 2.75) is 38.6 Å². The zero-order valence-electron chi connectivity index (χ0n) is 21.5. The van der Waals surface area contributed by atoms with Crippen LogP contribution in [0.25, 0.3) is 0 Å². The van der Waals surface area contributed by atoms with Gasteiger partial charge in [-0.25, -0.2) is 0 Å². The molecule has 7 heteroatoms. The minimum Gasteiger partial charge on any atom is -0.374 e. The number of aryl methyl sites for hydroxylation is 1. The predicted molar refractivity (Wildman–Crippen MR) is 142 cm³/mol. The molecule has 1 atom stereocenters. The van der Waals surface area contributed by atoms with Gasteiger partial charge in [0.2, 0.25) is 0 Å². The molecule has 2 amide bonds. The van der Waals surface area contributed by atoms with Crippen LogP contribution in [-0.4, -0.2) is 75.0 Å². The van der Waals surface area contributed by atoms with Crippen molar-refractivity contribution in [2.75, 3.05) is 63.6 Å². The molecule has 7 nitrogen and oxygen atoms in total. The van der Waals surface area contributed by atoms with Gasteiger partial charge in [0.1, 0.15) is 0 Å². The van der Waals surface area contributed by atoms with Crippen LogP contribution < -0.4 is 15.5 Å². The van der Waals surface area contributed by atoms with E-state index < -0.39 is 11.8 Å². The van der Waals surface area contributed by atoms with Crippen molar-refractivity contribution in [3.63, 3.8) is 0 Å². The molecule has 0 radical (unpaired) electrons. The van der Waals surface area contributed by atoms with Gasteiger partial charge in [0.25, 0.3) is 0 Å². The highest BCUT2D eigenvalue weighted by molar-refractivity contribution is 6.39. The second-order valence-electron chi connectivity index (χ2n) is 10.2. The van der Waals surface area contributed by atoms with Crippen molar-refractivity contribution >= 4 is 23.2 Å². The van der Waals surface area contributed by atoms with E-state index in [4.69, 9.17) is 0 Å². The van der Waals surface area contributed by atoms with Crippen LogP contribution in [0.1, 0.15) is 48.9 Å². The average molecular weight is 478 g/mol. The van der Waals surface area contributed by atoms with E-state index in [0.29, 0.717) is 18.2 Å². The van der Waals surface area contributed by atoms with Crippen molar-refractivity contribution in [1.82, 2.24) is 15.1 Å². The molecule has 2 aromatic rings. The number of piperazine rings is 1. The van der Waals surface area contributed by atoms with E-state index in [1.807, 2.05) is 24.3 Å². The van der Waals surface area contributed by atoms with Crippen molar-refractivity contribution in [2.24, 2.45) is 0 Å². The van der Waals surface area contributed by atoms with Gasteiger partial charge in [0.15, 0.2) is 0 Å². The number of hydrogen-bond acceptors (Lipinski definition) is 5. The van der Waals surface area contributed by atoms with Crippen LogP contribution in [0.4, 0.5) is 11.4 Å². The van der Waals surface area contributed by atoms with E-state index in [2.05, 4.69) is 71.5 Å². The number of fused-ring (bicyclic) bond motifs is 1. The third kappa shape index (κ3) is 6.21. The predicted octanol–water partition coefficient (Wildman–Crippen LogP) is 3.24. The van der Waals surface area contributed by atoms with E-state index >= 15 is 0 Å². The third-order valence-electron chi connectivity index (χ3n) is 7.32. The van der Waals surface area contributed by atoms with Crippen LogP contribution >= 0.6 is 0 Å². The van der Waals surface area contributed by atoms with Gasteiger partial charge in [-0.1, -0.05) is 38.1 Å². The molecule has 1 saturated heterocycles. The molecule has 4 rings (SSSR count). The Balaban J connectivity index is 1.44. The molecule has 35 heavy (non-hydrogen) atoms. The molecule has 0 aromatic heterocycles. The smallest absolute Gasteiger partial charge is 0.313 e. The van der Waals surface area contributed by atoms with E-state index in [1.165, 1.54) is 22.4 Å². The summed E-state index contributed by atoms with van der Waals surface area (Å²) in [6, 6.07) is 14.4. The average Bonchev–Trinajstić information content (AvgIpc) is 2.85. The van der Waals surface area contributed by atoms with Gasteiger partial charge in [-0.15, -0.1) is 0 Å². The third-order valence-corrected chi connectivity index (χ3v) is 7.32. The highest BCUT2D eigenvalue weighted by atomic mass is 16.2. The lowest BCUT2D eigenvalue weighted by Gasteiger charge is -2.39. The van der Waals surface area contributed by atoms with Gasteiger partial charge in [0, 0.05) is 57.7 Å². The maximum Gasteiger partial charge on any atom is 0.313 e. The van der Waals surface area contributed by atoms with Crippen molar-refractivity contribution in [3.05, 3.63) is 59.2 Å². The second-order valence-corrected chi connectivity index (χ2v) is 10.2. The van der Waals surface area contributed by atoms with Crippen LogP contribution in [0.2, 0.25) is 0 Å². The lowest BCUT2D eigenvalue weighted by molar-refractivity contribution is -0.136. The Hall–Kier alpha value is -2.90. The van der Waals surface area contributed by atoms with E-state index in [-0.39, 0.29) is 6.04 Å². The number of hydrogen-bond donors (Lipinski definition) is 2. The quantitative estimate of drug-likeness (QED) is 0.626. The number of benzene rings is 2. The summed E-state index contributed by atoms with van der Waals surface area (Å²) in [5.41, 5.74) is 5.68. The van der Waals surface area contributed by atoms with Gasteiger partial charge < -0.3 is 20.4 Å². The highest BCUT2D eigenvalue weighted by Gasteiger charge is 2.27. The molecule has 2 aromatic carbocycles. The van der Waals surface area contributed by atoms with E-state index in [9.17, 15) is 9.59 Å². The van der Waals surface area contributed by atoms with E-state index in [0.717, 1.165) is 45.6 Å². The second kappa shape index (κ2) is 11.2. The minimum absolute atomic E-state index is 0.0308. The Morgan fingerprint density at radius 2 is 1.57 bits per heavy atom. The lowest BCUT2D eigenvalue weighted by atomic mass is 9.95. The first-order chi connectivity index (χ1) is 16.8. The molecule has 0 spiro atoms. The minimum atomic E-state index is -0.633. The first kappa shape index (κ1) is 25.2. The van der Waals surface area contributed by atoms with Crippen molar-refractivity contribution in [3.8, 4) is 0 Å². The molecule has 188 valence electrons. The first-order valence-corrected chi connectivity index (χ1v) is 12.8. The molecule has 2 aliphatic heterocycles. The number of anilines is 2. The van der Waals surface area contributed by atoms with Crippen molar-refractivity contribution < 1.29 is 9.59 Å². The largest absolute Gasteiger partial charge is 0.374 e. The van der Waals surface area contributed by atoms with Crippen LogP contribution in [0.5, 0.6) is 0 Å². The summed E-state index contributed by atoms with van der Waals surface area (Å²) >= 11 is 0. The summed E-state index contributed by atoms with van der Waals surface area (Å²) in [5, 5.41) is 5.64. The summed E-state index contributed by atoms with van der Waals surface area (Å²) in [5.74, 6) is -0.820. The first-order valence-electron chi connectivity index (χ1n) is 12.8. The fraction of sp³-hybridized carbons (Fsp3) is 0.500. The molecule has 0 saturated carbocycles. The Morgan fingerprint density at radius 1 is 0.886 bits per heavy atom. The summed E-state index contributed by atoms with van der Waals surface area (Å²) in [7, 11) is 4.28. The van der Waals surface area contributed by atoms with E-state index in [1.54, 1.807) is 0 Å². The molecular formula is C28H39N5O2. The van der Waals surface area contributed by atoms with Gasteiger partial charge >= 0.3 is 11.8 Å². The SMILES string of the molecule is CC(C)c1ccc(NC(=O)C(=O)NC[C@@H](c2ccc3c(c2)CCCN3C)N2CCN(C)CC2)cc1. The number of nitrogens with zero attached hydrogens (tertiary/aromatic N) is 3. The number of nitrogens with one attached hydrogen (secondary N) is 2. The Kier molecular flexibility index (Phi) is 8.08. The maximum absolute atomic E-state index is 12.7. The Morgan fingerprint density at radius 3 is 2.26 bits per heavy atom. The van der Waals surface area contributed by atoms with Crippen LogP contribution in [0.15, 0.2) is 42.5 Å². The Labute approximate surface area is 209 Å². The highest BCUT2D eigenvalue weighted by Crippen LogP contribution is 2.31. The maximum atomic E-state index is 12.7. The number of carbonyl (C=O) groups is 2. The van der Waals surface area contributed by atoms with Gasteiger partial charge in [-0.2, -0.15) is 0 Å². The van der Waals surface area contributed by atoms with Crippen LogP contribution in [0.3, 0.4) is 0 Å². The fourth-order valence-electron chi connectivity index (χ4n) is 5.01. The van der Waals surface area contributed by atoms with Crippen LogP contribution in [0, 0.1) is 0 Å². The summed E-state index contributed by atoms with van der Waals surface area (Å²) < 4.78 is 0. The fourth-order valence-corrected chi connectivity index (χ4v) is 5.01. The summed E-state index contributed by atoms with van der Waals surface area (Å²) in [6.45, 7) is 9.58. The number of carbonyl (C=O) groups excluding carboxylic acids is 2. The molecule has 0 aliphatic carbocycles. The zero-order chi connectivity index (χ0) is 24.9. The normalized spacial score (nSPS) is 17.7. The number of rotatable bonds is 6. The lowest BCUT2D eigenvalue weighted by Crippen LogP contribution is -2.49. The molecule has 2 aliphatic rings. The molecule has 2 N–H and O–H groups in total. The molecule has 0 bridgehead atoms. The van der Waals surface area contributed by atoms with Gasteiger partial charge in [-0.3, -0.25) is 14.5 Å². The number of likely N-dealkylation sites (N-methyl/N-ethyl adjacent to an activating group) is 1. The summed E-state index contributed by atoms with van der Waals surface area (Å²) in [6.07, 6.45) is 2.23. The van der Waals surface area contributed by atoms with Gasteiger partial charge in [0.05, 0.1) is 6.04 Å². The standard InChI is InChI=1S/C28H39N5O2/c1-20(2)21-7-10-24(11-8-21)30-28(35)27(34)29-19-26(33-16-14-31(3)15-17-33)23-9-12-25-22(18-23)6-5-13-32(25)4/h7-12,18,20,26H,5-6,13-17,19H2,1-4H3,(H,29,34)(H,30,35)/t26-/m0/s1. The molecule has 1 fully saturated rings. The van der Waals surface area contributed by atoms with Crippen molar-refractivity contribution in [1.29, 1.82) is 0 Å². The van der Waals surface area contributed by atoms with Gasteiger partial charge in [-0.05, 0) is 60.7 Å². The topological polar surface area (TPSA) is 67.9 Å². The summed E-state index contributed by atoms with van der Waals surface area (Å²) in [4.78, 5) is 32.4.